The Bertz CT molecular complexity index is 719. The van der Waals surface area contributed by atoms with E-state index in [2.05, 4.69) is 20.8 Å². The summed E-state index contributed by atoms with van der Waals surface area (Å²) >= 11 is 0. The van der Waals surface area contributed by atoms with E-state index in [0.717, 1.165) is 31.2 Å². The molecule has 1 aliphatic rings. The summed E-state index contributed by atoms with van der Waals surface area (Å²) in [7, 11) is -3.20. The van der Waals surface area contributed by atoms with Gasteiger partial charge in [0.2, 0.25) is 0 Å². The summed E-state index contributed by atoms with van der Waals surface area (Å²) in [6.07, 6.45) is 4.68. The first-order valence-electron chi connectivity index (χ1n) is 10.3. The van der Waals surface area contributed by atoms with Gasteiger partial charge in [0.05, 0.1) is 24.2 Å². The van der Waals surface area contributed by atoms with Gasteiger partial charge in [0.25, 0.3) is 0 Å². The monoisotopic (exact) mass is 414 g/mol. The lowest BCUT2D eigenvalue weighted by Crippen LogP contribution is -2.19. The number of sulfone groups is 1. The molecule has 0 N–H and O–H groups in total. The predicted octanol–water partition coefficient (Wildman–Crippen LogP) is 5.12. The Kier molecular flexibility index (Phi) is 8.31. The molecular weight excluding hydrogens is 379 g/mol. The molecule has 0 amide bonds. The highest BCUT2D eigenvalue weighted by Gasteiger charge is 2.21. The van der Waals surface area contributed by atoms with E-state index >= 15 is 0 Å². The Labute approximate surface area is 169 Å². The fourth-order valence-electron chi connectivity index (χ4n) is 3.42. The molecule has 1 aromatic carbocycles. The lowest BCUT2D eigenvalue weighted by molar-refractivity contribution is 0.0720. The van der Waals surface area contributed by atoms with Gasteiger partial charge in [-0.25, -0.2) is 12.8 Å². The van der Waals surface area contributed by atoms with Gasteiger partial charge in [-0.1, -0.05) is 33.8 Å². The standard InChI is InChI=1S/C22H35FO4S/c1-17(15-28(24,25)13-7-12-26-16-22(2,3)4)18-10-11-20(23)21(14-18)27-19-8-5-6-9-19/h10-11,14,17,19H,5-9,12-13,15-16H2,1-4H3/t17-/m0/s1. The molecule has 0 bridgehead atoms. The second-order valence-electron chi connectivity index (χ2n) is 9.20. The number of halogens is 1. The molecule has 0 unspecified atom stereocenters. The topological polar surface area (TPSA) is 52.6 Å². The Morgan fingerprint density at radius 3 is 2.54 bits per heavy atom. The smallest absolute Gasteiger partial charge is 0.165 e. The SMILES string of the molecule is C[C@@H](CS(=O)(=O)CCCOCC(C)(C)C)c1ccc(F)c(OC2CCCC2)c1. The molecule has 28 heavy (non-hydrogen) atoms. The van der Waals surface area contributed by atoms with Crippen molar-refractivity contribution < 1.29 is 22.3 Å². The van der Waals surface area contributed by atoms with Crippen LogP contribution in [0, 0.1) is 11.2 Å². The molecule has 1 atom stereocenters. The normalized spacial score (nSPS) is 17.0. The van der Waals surface area contributed by atoms with Crippen LogP contribution in [0.1, 0.15) is 71.3 Å². The second kappa shape index (κ2) is 10.1. The maximum atomic E-state index is 14.1. The van der Waals surface area contributed by atoms with Crippen molar-refractivity contribution in [3.8, 4) is 5.75 Å². The van der Waals surface area contributed by atoms with Crippen LogP contribution in [-0.4, -0.2) is 39.2 Å². The molecule has 1 aliphatic carbocycles. The van der Waals surface area contributed by atoms with E-state index in [-0.39, 0.29) is 40.5 Å². The van der Waals surface area contributed by atoms with E-state index in [1.165, 1.54) is 6.07 Å². The van der Waals surface area contributed by atoms with Crippen LogP contribution >= 0.6 is 0 Å². The molecule has 1 aromatic rings. The van der Waals surface area contributed by atoms with Crippen LogP contribution in [0.15, 0.2) is 18.2 Å². The summed E-state index contributed by atoms with van der Waals surface area (Å²) < 4.78 is 50.3. The minimum Gasteiger partial charge on any atom is -0.487 e. The summed E-state index contributed by atoms with van der Waals surface area (Å²) in [4.78, 5) is 0. The van der Waals surface area contributed by atoms with Crippen LogP contribution in [0.25, 0.3) is 0 Å². The average Bonchev–Trinajstić information content (AvgIpc) is 3.08. The number of hydrogen-bond acceptors (Lipinski definition) is 4. The molecule has 1 saturated carbocycles. The van der Waals surface area contributed by atoms with E-state index in [1.807, 2.05) is 6.92 Å². The average molecular weight is 415 g/mol. The molecule has 0 aromatic heterocycles. The summed E-state index contributed by atoms with van der Waals surface area (Å²) in [6.45, 7) is 9.17. The van der Waals surface area contributed by atoms with Crippen molar-refractivity contribution in [2.24, 2.45) is 5.41 Å². The lowest BCUT2D eigenvalue weighted by Gasteiger charge is -2.18. The summed E-state index contributed by atoms with van der Waals surface area (Å²) in [6, 6.07) is 4.70. The Morgan fingerprint density at radius 2 is 1.89 bits per heavy atom. The van der Waals surface area contributed by atoms with Crippen LogP contribution < -0.4 is 4.74 Å². The maximum absolute atomic E-state index is 14.1. The van der Waals surface area contributed by atoms with Gasteiger partial charge in [-0.3, -0.25) is 0 Å². The largest absolute Gasteiger partial charge is 0.487 e. The summed E-state index contributed by atoms with van der Waals surface area (Å²) in [5.41, 5.74) is 0.871. The minimum absolute atomic E-state index is 0.0424. The van der Waals surface area contributed by atoms with Gasteiger partial charge in [-0.2, -0.15) is 0 Å². The molecular formula is C22H35FO4S. The van der Waals surface area contributed by atoms with Crippen molar-refractivity contribution in [2.75, 3.05) is 24.7 Å². The van der Waals surface area contributed by atoms with Gasteiger partial charge >= 0.3 is 0 Å². The first-order chi connectivity index (χ1) is 13.1. The van der Waals surface area contributed by atoms with Crippen molar-refractivity contribution >= 4 is 9.84 Å². The first kappa shape index (κ1) is 23.1. The number of hydrogen-bond donors (Lipinski definition) is 0. The molecule has 0 aliphatic heterocycles. The fraction of sp³-hybridized carbons (Fsp3) is 0.727. The Balaban J connectivity index is 1.87. The zero-order valence-corrected chi connectivity index (χ0v) is 18.5. The number of rotatable bonds is 10. The van der Waals surface area contributed by atoms with Gasteiger partial charge in [0.1, 0.15) is 0 Å². The third-order valence-electron chi connectivity index (χ3n) is 4.90. The van der Waals surface area contributed by atoms with Gasteiger partial charge in [-0.05, 0) is 61.1 Å². The predicted molar refractivity (Wildman–Crippen MR) is 111 cm³/mol. The molecule has 4 nitrogen and oxygen atoms in total. The third-order valence-corrected chi connectivity index (χ3v) is 6.82. The molecule has 1 fully saturated rings. The highest BCUT2D eigenvalue weighted by atomic mass is 32.2. The number of ether oxygens (including phenoxy) is 2. The van der Waals surface area contributed by atoms with Crippen molar-refractivity contribution in [1.29, 1.82) is 0 Å². The van der Waals surface area contributed by atoms with Gasteiger partial charge in [-0.15, -0.1) is 0 Å². The maximum Gasteiger partial charge on any atom is 0.165 e. The quantitative estimate of drug-likeness (QED) is 0.499. The molecule has 6 heteroatoms. The summed E-state index contributed by atoms with van der Waals surface area (Å²) in [5.74, 6) is -0.215. The highest BCUT2D eigenvalue weighted by molar-refractivity contribution is 7.91. The van der Waals surface area contributed by atoms with Crippen molar-refractivity contribution in [3.05, 3.63) is 29.6 Å². The Hall–Kier alpha value is -1.14. The highest BCUT2D eigenvalue weighted by Crippen LogP contribution is 2.29. The molecule has 0 heterocycles. The molecule has 2 rings (SSSR count). The lowest BCUT2D eigenvalue weighted by atomic mass is 9.99. The second-order valence-corrected chi connectivity index (χ2v) is 11.4. The van der Waals surface area contributed by atoms with Crippen molar-refractivity contribution in [3.63, 3.8) is 0 Å². The van der Waals surface area contributed by atoms with Gasteiger partial charge < -0.3 is 9.47 Å². The van der Waals surface area contributed by atoms with Crippen LogP contribution in [0.3, 0.4) is 0 Å². The first-order valence-corrected chi connectivity index (χ1v) is 12.1. The zero-order valence-electron chi connectivity index (χ0n) is 17.7. The number of benzene rings is 1. The summed E-state index contributed by atoms with van der Waals surface area (Å²) in [5, 5.41) is 0. The van der Waals surface area contributed by atoms with E-state index in [9.17, 15) is 12.8 Å². The van der Waals surface area contributed by atoms with E-state index < -0.39 is 9.84 Å². The molecule has 0 saturated heterocycles. The van der Waals surface area contributed by atoms with Crippen LogP contribution in [0.2, 0.25) is 0 Å². The van der Waals surface area contributed by atoms with Gasteiger partial charge in [0.15, 0.2) is 21.4 Å². The fourth-order valence-corrected chi connectivity index (χ4v) is 5.10. The van der Waals surface area contributed by atoms with E-state index in [1.54, 1.807) is 12.1 Å². The minimum atomic E-state index is -3.20. The van der Waals surface area contributed by atoms with Crippen LogP contribution in [0.4, 0.5) is 4.39 Å². The van der Waals surface area contributed by atoms with Crippen molar-refractivity contribution in [2.45, 2.75) is 71.8 Å². The van der Waals surface area contributed by atoms with Crippen LogP contribution in [0.5, 0.6) is 5.75 Å². The third kappa shape index (κ3) is 8.08. The van der Waals surface area contributed by atoms with Gasteiger partial charge in [0, 0.05) is 6.61 Å². The molecule has 160 valence electrons. The van der Waals surface area contributed by atoms with Crippen molar-refractivity contribution in [1.82, 2.24) is 0 Å². The molecule has 0 radical (unpaired) electrons. The zero-order chi connectivity index (χ0) is 20.8. The van der Waals surface area contributed by atoms with E-state index in [4.69, 9.17) is 9.47 Å². The Morgan fingerprint density at radius 1 is 1.21 bits per heavy atom. The molecule has 0 spiro atoms. The van der Waals surface area contributed by atoms with Crippen LogP contribution in [-0.2, 0) is 14.6 Å². The van der Waals surface area contributed by atoms with E-state index in [0.29, 0.717) is 19.6 Å².